The maximum Gasteiger partial charge on any atom is 0.244 e. The molecule has 0 aliphatic carbocycles. The van der Waals surface area contributed by atoms with Gasteiger partial charge in [0.2, 0.25) is 21.7 Å². The molecule has 4 heterocycles. The summed E-state index contributed by atoms with van der Waals surface area (Å²) in [7, 11) is -3.42. The number of rotatable bonds is 6. The van der Waals surface area contributed by atoms with E-state index in [0.29, 0.717) is 35.6 Å². The largest absolute Gasteiger partial charge is 0.338 e. The second-order valence-corrected chi connectivity index (χ2v) is 9.60. The highest BCUT2D eigenvalue weighted by molar-refractivity contribution is 7.98. The van der Waals surface area contributed by atoms with Gasteiger partial charge in [-0.1, -0.05) is 23.0 Å². The predicted molar refractivity (Wildman–Crippen MR) is 99.4 cm³/mol. The fourth-order valence-electron chi connectivity index (χ4n) is 2.64. The molecule has 4 rings (SSSR count). The van der Waals surface area contributed by atoms with Crippen molar-refractivity contribution in [2.24, 2.45) is 0 Å². The summed E-state index contributed by atoms with van der Waals surface area (Å²) in [5.41, 5.74) is 0. The smallest absolute Gasteiger partial charge is 0.244 e. The van der Waals surface area contributed by atoms with Gasteiger partial charge in [-0.2, -0.15) is 9.29 Å². The highest BCUT2D eigenvalue weighted by atomic mass is 32.2. The molecule has 1 fully saturated rings. The van der Waals surface area contributed by atoms with Crippen LogP contribution in [0.1, 0.15) is 18.7 Å². The fourth-order valence-corrected chi connectivity index (χ4v) is 5.43. The summed E-state index contributed by atoms with van der Waals surface area (Å²) in [6.45, 7) is 1.17. The van der Waals surface area contributed by atoms with Crippen LogP contribution >= 0.6 is 23.1 Å². The Kier molecular flexibility index (Phi) is 5.07. The zero-order chi connectivity index (χ0) is 18.0. The lowest BCUT2D eigenvalue weighted by Gasteiger charge is -2.15. The number of thiophene rings is 1. The van der Waals surface area contributed by atoms with E-state index in [1.807, 2.05) is 17.5 Å². The van der Waals surface area contributed by atoms with Gasteiger partial charge in [-0.15, -0.1) is 11.3 Å². The standard InChI is InChI=1S/C16H16N4O3S3/c21-26(22,20-7-1-2-8-20)12-5-6-15(17-10-12)25-11-14-18-16(19-23-14)13-4-3-9-24-13/h3-6,9-10H,1-2,7-8,11H2. The van der Waals surface area contributed by atoms with E-state index in [9.17, 15) is 8.42 Å². The van der Waals surface area contributed by atoms with Crippen molar-refractivity contribution in [3.63, 3.8) is 0 Å². The van der Waals surface area contributed by atoms with Gasteiger partial charge in [0, 0.05) is 19.3 Å². The first-order valence-corrected chi connectivity index (χ1v) is 11.4. The van der Waals surface area contributed by atoms with E-state index in [4.69, 9.17) is 4.52 Å². The van der Waals surface area contributed by atoms with Crippen molar-refractivity contribution in [1.29, 1.82) is 0 Å². The van der Waals surface area contributed by atoms with E-state index in [1.165, 1.54) is 22.3 Å². The van der Waals surface area contributed by atoms with Gasteiger partial charge in [0.25, 0.3) is 0 Å². The third kappa shape index (κ3) is 3.68. The molecule has 1 aliphatic heterocycles. The second kappa shape index (κ2) is 7.47. The highest BCUT2D eigenvalue weighted by Crippen LogP contribution is 2.26. The zero-order valence-corrected chi connectivity index (χ0v) is 16.2. The van der Waals surface area contributed by atoms with Crippen LogP contribution in [0.2, 0.25) is 0 Å². The Morgan fingerprint density at radius 3 is 2.77 bits per heavy atom. The molecule has 3 aromatic rings. The molecule has 26 heavy (non-hydrogen) atoms. The molecule has 0 unspecified atom stereocenters. The second-order valence-electron chi connectivity index (χ2n) is 5.72. The van der Waals surface area contributed by atoms with Crippen LogP contribution in [0, 0.1) is 0 Å². The Morgan fingerprint density at radius 2 is 2.08 bits per heavy atom. The average molecular weight is 409 g/mol. The minimum atomic E-state index is -3.42. The minimum absolute atomic E-state index is 0.238. The molecular formula is C16H16N4O3S3. The SMILES string of the molecule is O=S(=O)(c1ccc(SCc2nc(-c3cccs3)no2)nc1)N1CCCC1. The molecular weight excluding hydrogens is 392 g/mol. The molecule has 0 spiro atoms. The quantitative estimate of drug-likeness (QED) is 0.578. The summed E-state index contributed by atoms with van der Waals surface area (Å²) in [5, 5.41) is 6.64. The number of sulfonamides is 1. The first kappa shape index (κ1) is 17.7. The Labute approximate surface area is 159 Å². The van der Waals surface area contributed by atoms with E-state index >= 15 is 0 Å². The molecule has 0 atom stereocenters. The van der Waals surface area contributed by atoms with Crippen LogP contribution < -0.4 is 0 Å². The van der Waals surface area contributed by atoms with E-state index in [1.54, 1.807) is 23.5 Å². The van der Waals surface area contributed by atoms with Crippen molar-refractivity contribution in [2.45, 2.75) is 28.5 Å². The lowest BCUT2D eigenvalue weighted by atomic mass is 10.4. The Hall–Kier alpha value is -1.75. The van der Waals surface area contributed by atoms with Crippen LogP contribution in [0.25, 0.3) is 10.7 Å². The van der Waals surface area contributed by atoms with Crippen LogP contribution in [0.15, 0.2) is 50.3 Å². The summed E-state index contributed by atoms with van der Waals surface area (Å²) >= 11 is 2.98. The summed E-state index contributed by atoms with van der Waals surface area (Å²) < 4.78 is 31.7. The molecule has 0 bridgehead atoms. The maximum atomic E-state index is 12.5. The van der Waals surface area contributed by atoms with Gasteiger partial charge in [0.1, 0.15) is 4.90 Å². The Balaban J connectivity index is 1.40. The van der Waals surface area contributed by atoms with Gasteiger partial charge < -0.3 is 4.52 Å². The van der Waals surface area contributed by atoms with Crippen molar-refractivity contribution < 1.29 is 12.9 Å². The lowest BCUT2D eigenvalue weighted by Crippen LogP contribution is -2.27. The van der Waals surface area contributed by atoms with E-state index in [0.717, 1.165) is 17.7 Å². The molecule has 136 valence electrons. The summed E-state index contributed by atoms with van der Waals surface area (Å²) in [5.74, 6) is 1.56. The number of hydrogen-bond acceptors (Lipinski definition) is 8. The van der Waals surface area contributed by atoms with Gasteiger partial charge in [-0.3, -0.25) is 0 Å². The molecule has 7 nitrogen and oxygen atoms in total. The number of thioether (sulfide) groups is 1. The van der Waals surface area contributed by atoms with Crippen molar-refractivity contribution in [3.8, 4) is 10.7 Å². The van der Waals surface area contributed by atoms with Crippen LogP contribution in [0.3, 0.4) is 0 Å². The lowest BCUT2D eigenvalue weighted by molar-refractivity contribution is 0.392. The molecule has 0 aromatic carbocycles. The predicted octanol–water partition coefficient (Wildman–Crippen LogP) is 3.27. The third-order valence-corrected chi connectivity index (χ3v) is 7.64. The Bertz CT molecular complexity index is 963. The number of pyridine rings is 1. The summed E-state index contributed by atoms with van der Waals surface area (Å²) in [4.78, 5) is 9.81. The Morgan fingerprint density at radius 1 is 1.23 bits per heavy atom. The number of nitrogens with zero attached hydrogens (tertiary/aromatic N) is 4. The van der Waals surface area contributed by atoms with Crippen LogP contribution in [-0.4, -0.2) is 40.9 Å². The molecule has 0 saturated carbocycles. The van der Waals surface area contributed by atoms with Crippen LogP contribution in [0.5, 0.6) is 0 Å². The normalized spacial score (nSPS) is 15.5. The van der Waals surface area contributed by atoms with Crippen LogP contribution in [0.4, 0.5) is 0 Å². The monoisotopic (exact) mass is 408 g/mol. The van der Waals surface area contributed by atoms with E-state index in [-0.39, 0.29) is 4.90 Å². The maximum absolute atomic E-state index is 12.5. The molecule has 0 radical (unpaired) electrons. The zero-order valence-electron chi connectivity index (χ0n) is 13.7. The number of aromatic nitrogens is 3. The van der Waals surface area contributed by atoms with Gasteiger partial charge >= 0.3 is 0 Å². The molecule has 1 aliphatic rings. The van der Waals surface area contributed by atoms with Crippen LogP contribution in [-0.2, 0) is 15.8 Å². The summed E-state index contributed by atoms with van der Waals surface area (Å²) in [6, 6.07) is 7.19. The van der Waals surface area contributed by atoms with Gasteiger partial charge in [-0.25, -0.2) is 13.4 Å². The molecule has 0 N–H and O–H groups in total. The average Bonchev–Trinajstić information content (AvgIpc) is 3.42. The first-order valence-electron chi connectivity index (χ1n) is 8.08. The molecule has 1 saturated heterocycles. The van der Waals surface area contributed by atoms with E-state index in [2.05, 4.69) is 15.1 Å². The first-order chi connectivity index (χ1) is 12.6. The van der Waals surface area contributed by atoms with E-state index < -0.39 is 10.0 Å². The topological polar surface area (TPSA) is 89.2 Å². The molecule has 3 aromatic heterocycles. The van der Waals surface area contributed by atoms with Crippen molar-refractivity contribution in [3.05, 3.63) is 41.7 Å². The minimum Gasteiger partial charge on any atom is -0.338 e. The van der Waals surface area contributed by atoms with Gasteiger partial charge in [-0.05, 0) is 36.4 Å². The van der Waals surface area contributed by atoms with Gasteiger partial charge in [0.15, 0.2) is 0 Å². The number of hydrogen-bond donors (Lipinski definition) is 0. The highest BCUT2D eigenvalue weighted by Gasteiger charge is 2.27. The molecule has 10 heteroatoms. The third-order valence-electron chi connectivity index (χ3n) is 3.97. The van der Waals surface area contributed by atoms with Crippen molar-refractivity contribution >= 4 is 33.1 Å². The summed E-state index contributed by atoms with van der Waals surface area (Å²) in [6.07, 6.45) is 3.25. The van der Waals surface area contributed by atoms with Crippen molar-refractivity contribution in [1.82, 2.24) is 19.4 Å². The van der Waals surface area contributed by atoms with Crippen molar-refractivity contribution in [2.75, 3.05) is 13.1 Å². The molecule has 0 amide bonds. The van der Waals surface area contributed by atoms with Gasteiger partial charge in [0.05, 0.1) is 15.7 Å². The fraction of sp³-hybridized carbons (Fsp3) is 0.312.